The molecule has 0 aliphatic heterocycles. The van der Waals surface area contributed by atoms with Crippen LogP contribution in [0.5, 0.6) is 0 Å². The normalized spacial score (nSPS) is 12.5. The van der Waals surface area contributed by atoms with Gasteiger partial charge in [0, 0.05) is 44.4 Å². The fourth-order valence-corrected chi connectivity index (χ4v) is 2.46. The molecular weight excluding hydrogens is 266 g/mol. The number of ether oxygens (including phenoxy) is 1. The fraction of sp³-hybridized carbons (Fsp3) is 0.438. The number of methoxy groups -OCH3 is 1. The Morgan fingerprint density at radius 2 is 2.19 bits per heavy atom. The molecule has 0 saturated carbocycles. The minimum Gasteiger partial charge on any atom is -0.385 e. The van der Waals surface area contributed by atoms with Crippen LogP contribution in [0.4, 0.5) is 0 Å². The van der Waals surface area contributed by atoms with Crippen molar-refractivity contribution in [2.75, 3.05) is 27.3 Å². The lowest BCUT2D eigenvalue weighted by Crippen LogP contribution is -2.43. The van der Waals surface area contributed by atoms with E-state index in [4.69, 9.17) is 10.5 Å². The number of hydrogen-bond acceptors (Lipinski definition) is 3. The Hall–Kier alpha value is -1.85. The Morgan fingerprint density at radius 1 is 1.43 bits per heavy atom. The van der Waals surface area contributed by atoms with Gasteiger partial charge in [-0.3, -0.25) is 4.79 Å². The van der Waals surface area contributed by atoms with Crippen LogP contribution in [0.3, 0.4) is 0 Å². The smallest absolute Gasteiger partial charge is 0.239 e. The molecule has 0 fully saturated rings. The van der Waals surface area contributed by atoms with Crippen molar-refractivity contribution >= 4 is 16.8 Å². The molecule has 0 spiro atoms. The summed E-state index contributed by atoms with van der Waals surface area (Å²) in [4.78, 5) is 17.1. The molecule has 0 radical (unpaired) electrons. The highest BCUT2D eigenvalue weighted by atomic mass is 16.5. The average molecular weight is 289 g/mol. The van der Waals surface area contributed by atoms with E-state index in [1.807, 2.05) is 30.5 Å². The molecule has 0 aliphatic carbocycles. The number of para-hydroxylation sites is 1. The topological polar surface area (TPSA) is 71.3 Å². The van der Waals surface area contributed by atoms with Gasteiger partial charge in [0.15, 0.2) is 0 Å². The number of aromatic nitrogens is 1. The van der Waals surface area contributed by atoms with E-state index in [9.17, 15) is 4.79 Å². The maximum absolute atomic E-state index is 12.2. The molecule has 1 atom stereocenters. The van der Waals surface area contributed by atoms with Crippen molar-refractivity contribution in [2.45, 2.75) is 18.9 Å². The third kappa shape index (κ3) is 3.83. The summed E-state index contributed by atoms with van der Waals surface area (Å²) in [5.74, 6) is -0.0311. The quantitative estimate of drug-likeness (QED) is 0.759. The molecule has 0 bridgehead atoms. The fourth-order valence-electron chi connectivity index (χ4n) is 2.46. The molecule has 1 heterocycles. The lowest BCUT2D eigenvalue weighted by molar-refractivity contribution is -0.131. The number of fused-ring (bicyclic) bond motifs is 1. The van der Waals surface area contributed by atoms with Crippen LogP contribution in [0.1, 0.15) is 12.0 Å². The summed E-state index contributed by atoms with van der Waals surface area (Å²) in [6.07, 6.45) is 3.29. The zero-order chi connectivity index (χ0) is 15.2. The molecule has 1 amide bonds. The van der Waals surface area contributed by atoms with Crippen molar-refractivity contribution in [3.63, 3.8) is 0 Å². The largest absolute Gasteiger partial charge is 0.385 e. The van der Waals surface area contributed by atoms with Gasteiger partial charge >= 0.3 is 0 Å². The van der Waals surface area contributed by atoms with Gasteiger partial charge in [0.05, 0.1) is 6.04 Å². The van der Waals surface area contributed by atoms with Crippen LogP contribution in [0.15, 0.2) is 30.5 Å². The maximum atomic E-state index is 12.2. The number of nitrogens with two attached hydrogens (primary N) is 1. The van der Waals surface area contributed by atoms with Crippen LogP contribution in [-0.4, -0.2) is 49.1 Å². The molecule has 114 valence electrons. The third-order valence-corrected chi connectivity index (χ3v) is 3.65. The van der Waals surface area contributed by atoms with Crippen LogP contribution in [-0.2, 0) is 16.0 Å². The molecule has 21 heavy (non-hydrogen) atoms. The first kappa shape index (κ1) is 15.5. The van der Waals surface area contributed by atoms with Crippen molar-refractivity contribution in [2.24, 2.45) is 5.73 Å². The summed E-state index contributed by atoms with van der Waals surface area (Å²) >= 11 is 0. The molecule has 0 aliphatic rings. The zero-order valence-electron chi connectivity index (χ0n) is 12.6. The Kier molecular flexibility index (Phi) is 5.36. The molecule has 0 saturated heterocycles. The van der Waals surface area contributed by atoms with Crippen molar-refractivity contribution < 1.29 is 9.53 Å². The van der Waals surface area contributed by atoms with E-state index in [0.29, 0.717) is 19.6 Å². The number of nitrogens with zero attached hydrogens (tertiary/aromatic N) is 1. The van der Waals surface area contributed by atoms with Crippen molar-refractivity contribution in [3.8, 4) is 0 Å². The highest BCUT2D eigenvalue weighted by Crippen LogP contribution is 2.19. The molecule has 0 unspecified atom stereocenters. The minimum absolute atomic E-state index is 0.0311. The standard InChI is InChI=1S/C16H23N3O2/c1-19(8-5-9-21-2)16(20)14(17)10-12-11-18-15-7-4-3-6-13(12)15/h3-4,6-7,11,14,18H,5,8-10,17H2,1-2H3/t14-/m1/s1. The number of likely N-dealkylation sites (N-methyl/N-ethyl adjacent to an activating group) is 1. The monoisotopic (exact) mass is 289 g/mol. The molecule has 5 nitrogen and oxygen atoms in total. The van der Waals surface area contributed by atoms with Crippen LogP contribution in [0.2, 0.25) is 0 Å². The van der Waals surface area contributed by atoms with E-state index in [1.165, 1.54) is 0 Å². The van der Waals surface area contributed by atoms with Crippen molar-refractivity contribution in [1.29, 1.82) is 0 Å². The number of H-pyrrole nitrogens is 1. The van der Waals surface area contributed by atoms with E-state index in [0.717, 1.165) is 22.9 Å². The SMILES string of the molecule is COCCCN(C)C(=O)[C@H](N)Cc1c[nH]c2ccccc12. The van der Waals surface area contributed by atoms with Crippen LogP contribution in [0.25, 0.3) is 10.9 Å². The van der Waals surface area contributed by atoms with Gasteiger partial charge in [-0.25, -0.2) is 0 Å². The highest BCUT2D eigenvalue weighted by Gasteiger charge is 2.19. The van der Waals surface area contributed by atoms with E-state index in [2.05, 4.69) is 4.98 Å². The van der Waals surface area contributed by atoms with Gasteiger partial charge in [0.25, 0.3) is 0 Å². The summed E-state index contributed by atoms with van der Waals surface area (Å²) in [5, 5.41) is 1.13. The van der Waals surface area contributed by atoms with E-state index in [1.54, 1.807) is 19.1 Å². The predicted octanol–water partition coefficient (Wildman–Crippen LogP) is 1.53. The summed E-state index contributed by atoms with van der Waals surface area (Å²) in [6, 6.07) is 7.52. The second-order valence-corrected chi connectivity index (χ2v) is 5.28. The molecule has 3 N–H and O–H groups in total. The first-order valence-corrected chi connectivity index (χ1v) is 7.18. The predicted molar refractivity (Wildman–Crippen MR) is 84.1 cm³/mol. The molecular formula is C16H23N3O2. The summed E-state index contributed by atoms with van der Waals surface area (Å²) < 4.78 is 4.99. The van der Waals surface area contributed by atoms with Gasteiger partial charge in [0.2, 0.25) is 5.91 Å². The highest BCUT2D eigenvalue weighted by molar-refractivity contribution is 5.86. The number of amides is 1. The maximum Gasteiger partial charge on any atom is 0.239 e. The van der Waals surface area contributed by atoms with Crippen molar-refractivity contribution in [1.82, 2.24) is 9.88 Å². The number of hydrogen-bond donors (Lipinski definition) is 2. The van der Waals surface area contributed by atoms with Gasteiger partial charge in [-0.1, -0.05) is 18.2 Å². The molecule has 2 rings (SSSR count). The molecule has 2 aromatic rings. The van der Waals surface area contributed by atoms with Gasteiger partial charge < -0.3 is 20.4 Å². The Balaban J connectivity index is 1.97. The van der Waals surface area contributed by atoms with Gasteiger partial charge in [0.1, 0.15) is 0 Å². The number of carbonyl (C=O) groups is 1. The second-order valence-electron chi connectivity index (χ2n) is 5.28. The second kappa shape index (κ2) is 7.24. The summed E-state index contributed by atoms with van der Waals surface area (Å²) in [6.45, 7) is 1.31. The number of benzene rings is 1. The van der Waals surface area contributed by atoms with Gasteiger partial charge in [-0.15, -0.1) is 0 Å². The zero-order valence-corrected chi connectivity index (χ0v) is 12.6. The van der Waals surface area contributed by atoms with Crippen LogP contribution >= 0.6 is 0 Å². The van der Waals surface area contributed by atoms with Gasteiger partial charge in [-0.2, -0.15) is 0 Å². The number of rotatable bonds is 7. The van der Waals surface area contributed by atoms with E-state index in [-0.39, 0.29) is 5.91 Å². The molecule has 1 aromatic carbocycles. The summed E-state index contributed by atoms with van der Waals surface area (Å²) in [5.41, 5.74) is 8.22. The number of carbonyl (C=O) groups excluding carboxylic acids is 1. The summed E-state index contributed by atoms with van der Waals surface area (Å²) in [7, 11) is 3.44. The van der Waals surface area contributed by atoms with E-state index < -0.39 is 6.04 Å². The van der Waals surface area contributed by atoms with E-state index >= 15 is 0 Å². The van der Waals surface area contributed by atoms with Crippen LogP contribution in [0, 0.1) is 0 Å². The lowest BCUT2D eigenvalue weighted by Gasteiger charge is -2.21. The minimum atomic E-state index is -0.517. The Labute approximate surface area is 125 Å². The first-order valence-electron chi connectivity index (χ1n) is 7.18. The number of nitrogens with one attached hydrogen (secondary N) is 1. The lowest BCUT2D eigenvalue weighted by atomic mass is 10.0. The number of aromatic amines is 1. The van der Waals surface area contributed by atoms with Crippen molar-refractivity contribution in [3.05, 3.63) is 36.0 Å². The van der Waals surface area contributed by atoms with Crippen LogP contribution < -0.4 is 5.73 Å². The first-order chi connectivity index (χ1) is 10.1. The third-order valence-electron chi connectivity index (χ3n) is 3.65. The van der Waals surface area contributed by atoms with Gasteiger partial charge in [-0.05, 0) is 24.5 Å². The molecule has 1 aromatic heterocycles. The molecule has 5 heteroatoms. The Bertz CT molecular complexity index is 594. The average Bonchev–Trinajstić information content (AvgIpc) is 2.90. The Morgan fingerprint density at radius 3 is 2.95 bits per heavy atom.